The van der Waals surface area contributed by atoms with Gasteiger partial charge in [0.25, 0.3) is 0 Å². The molecule has 0 amide bonds. The number of fused-ring (bicyclic) bond motifs is 1. The number of imidazole rings is 1. The number of aromatic nitrogens is 2. The van der Waals surface area contributed by atoms with E-state index >= 15 is 0 Å². The molecule has 0 saturated carbocycles. The van der Waals surface area contributed by atoms with Crippen LogP contribution in [0.3, 0.4) is 0 Å². The van der Waals surface area contributed by atoms with Crippen LogP contribution in [-0.4, -0.2) is 9.97 Å². The van der Waals surface area contributed by atoms with E-state index in [9.17, 15) is 8.78 Å². The highest BCUT2D eigenvalue weighted by atomic mass is 19.1. The molecule has 0 unspecified atom stereocenters. The topological polar surface area (TPSA) is 41.8 Å². The van der Waals surface area contributed by atoms with Crippen LogP contribution in [0.15, 0.2) is 59.3 Å². The first-order valence-electron chi connectivity index (χ1n) is 7.16. The average molecular weight is 310 g/mol. The summed E-state index contributed by atoms with van der Waals surface area (Å²) in [5.41, 5.74) is 1.42. The lowest BCUT2D eigenvalue weighted by Crippen LogP contribution is -1.99. The van der Waals surface area contributed by atoms with Crippen LogP contribution in [0.4, 0.5) is 8.78 Å². The van der Waals surface area contributed by atoms with Gasteiger partial charge < -0.3 is 9.40 Å². The maximum atomic E-state index is 14.3. The molecule has 114 valence electrons. The number of hydrogen-bond acceptors (Lipinski definition) is 2. The van der Waals surface area contributed by atoms with Gasteiger partial charge in [-0.3, -0.25) is 0 Å². The van der Waals surface area contributed by atoms with Crippen molar-refractivity contribution in [1.82, 2.24) is 9.97 Å². The Kier molecular flexibility index (Phi) is 3.19. The molecule has 2 heterocycles. The number of aromatic amines is 1. The van der Waals surface area contributed by atoms with Gasteiger partial charge in [-0.2, -0.15) is 0 Å². The van der Waals surface area contributed by atoms with Crippen molar-refractivity contribution in [3.05, 3.63) is 77.9 Å². The van der Waals surface area contributed by atoms with E-state index < -0.39 is 11.6 Å². The number of halogens is 2. The zero-order chi connectivity index (χ0) is 15.8. The monoisotopic (exact) mass is 310 g/mol. The molecule has 0 aliphatic rings. The van der Waals surface area contributed by atoms with Crippen LogP contribution in [0, 0.1) is 11.6 Å². The number of nitrogens with one attached hydrogen (secondary N) is 1. The van der Waals surface area contributed by atoms with Crippen LogP contribution >= 0.6 is 0 Å². The number of hydrogen-bond donors (Lipinski definition) is 1. The summed E-state index contributed by atoms with van der Waals surface area (Å²) in [4.78, 5) is 7.04. The zero-order valence-electron chi connectivity index (χ0n) is 12.0. The average Bonchev–Trinajstić information content (AvgIpc) is 3.18. The molecule has 0 aliphatic carbocycles. The molecule has 0 atom stereocenters. The third kappa shape index (κ3) is 2.50. The van der Waals surface area contributed by atoms with Gasteiger partial charge in [0.15, 0.2) is 0 Å². The van der Waals surface area contributed by atoms with Crippen molar-refractivity contribution < 1.29 is 13.2 Å². The van der Waals surface area contributed by atoms with Crippen LogP contribution in [0.1, 0.15) is 11.4 Å². The Morgan fingerprint density at radius 1 is 1.09 bits per heavy atom. The van der Waals surface area contributed by atoms with Crippen molar-refractivity contribution in [2.24, 2.45) is 0 Å². The largest absolute Gasteiger partial charge is 0.456 e. The molecular formula is C18H12F2N2O. The predicted octanol–water partition coefficient (Wildman–Crippen LogP) is 4.69. The van der Waals surface area contributed by atoms with Gasteiger partial charge in [0.05, 0.1) is 0 Å². The molecule has 2 aromatic heterocycles. The number of para-hydroxylation sites is 1. The first kappa shape index (κ1) is 13.7. The lowest BCUT2D eigenvalue weighted by molar-refractivity contribution is 0.570. The Labute approximate surface area is 130 Å². The molecule has 5 heteroatoms. The maximum Gasteiger partial charge on any atom is 0.135 e. The Balaban J connectivity index is 1.89. The molecule has 0 radical (unpaired) electrons. The van der Waals surface area contributed by atoms with Crippen molar-refractivity contribution in [3.8, 4) is 11.3 Å². The third-order valence-corrected chi connectivity index (χ3v) is 3.75. The van der Waals surface area contributed by atoms with E-state index in [1.165, 1.54) is 6.07 Å². The minimum atomic E-state index is -0.638. The van der Waals surface area contributed by atoms with E-state index in [1.54, 1.807) is 18.5 Å². The van der Waals surface area contributed by atoms with Gasteiger partial charge in [-0.1, -0.05) is 18.2 Å². The van der Waals surface area contributed by atoms with E-state index in [0.29, 0.717) is 28.3 Å². The van der Waals surface area contributed by atoms with Crippen molar-refractivity contribution in [1.29, 1.82) is 0 Å². The summed E-state index contributed by atoms with van der Waals surface area (Å²) in [6.07, 6.45) is 3.49. The van der Waals surface area contributed by atoms with Crippen LogP contribution in [0.5, 0.6) is 0 Å². The normalized spacial score (nSPS) is 11.2. The summed E-state index contributed by atoms with van der Waals surface area (Å²) < 4.78 is 33.8. The zero-order valence-corrected chi connectivity index (χ0v) is 12.0. The Morgan fingerprint density at radius 3 is 2.74 bits per heavy atom. The van der Waals surface area contributed by atoms with Crippen molar-refractivity contribution >= 4 is 11.0 Å². The van der Waals surface area contributed by atoms with Gasteiger partial charge in [-0.05, 0) is 18.2 Å². The van der Waals surface area contributed by atoms with E-state index in [1.807, 2.05) is 24.3 Å². The molecular weight excluding hydrogens is 298 g/mol. The second kappa shape index (κ2) is 5.35. The molecule has 0 aliphatic heterocycles. The molecule has 0 spiro atoms. The van der Waals surface area contributed by atoms with Crippen molar-refractivity contribution in [3.63, 3.8) is 0 Å². The first-order valence-corrected chi connectivity index (χ1v) is 7.16. The third-order valence-electron chi connectivity index (χ3n) is 3.75. The fourth-order valence-electron chi connectivity index (χ4n) is 2.68. The van der Waals surface area contributed by atoms with Gasteiger partial charge in [0, 0.05) is 41.4 Å². The molecule has 4 rings (SSSR count). The molecule has 0 bridgehead atoms. The number of furan rings is 1. The van der Waals surface area contributed by atoms with Gasteiger partial charge in [-0.25, -0.2) is 13.8 Å². The standard InChI is InChI=1S/C18H12F2N2O/c19-12-8-14(17-7-11-3-1-2-4-16(11)23-17)13(15(20)9-12)10-18-21-5-6-22-18/h1-9H,10H2,(H,21,22). The SMILES string of the molecule is Fc1cc(F)c(Cc2ncc[nH]2)c(-c2cc3ccccc3o2)c1. The molecule has 4 aromatic rings. The number of nitrogens with zero attached hydrogens (tertiary/aromatic N) is 1. The Hall–Kier alpha value is -2.95. The Morgan fingerprint density at radius 2 is 1.96 bits per heavy atom. The minimum absolute atomic E-state index is 0.228. The predicted molar refractivity (Wildman–Crippen MR) is 83.0 cm³/mol. The minimum Gasteiger partial charge on any atom is -0.456 e. The van der Waals surface area contributed by atoms with Gasteiger partial charge >= 0.3 is 0 Å². The maximum absolute atomic E-state index is 14.3. The van der Waals surface area contributed by atoms with Crippen LogP contribution in [0.25, 0.3) is 22.3 Å². The second-order valence-electron chi connectivity index (χ2n) is 5.27. The lowest BCUT2D eigenvalue weighted by atomic mass is 10.0. The highest BCUT2D eigenvalue weighted by Gasteiger charge is 2.17. The molecule has 3 nitrogen and oxygen atoms in total. The number of H-pyrrole nitrogens is 1. The molecule has 23 heavy (non-hydrogen) atoms. The summed E-state index contributed by atoms with van der Waals surface area (Å²) in [5, 5.41) is 0.885. The molecule has 0 saturated heterocycles. The van der Waals surface area contributed by atoms with Gasteiger partial charge in [-0.15, -0.1) is 0 Å². The number of rotatable bonds is 3. The van der Waals surface area contributed by atoms with E-state index in [2.05, 4.69) is 9.97 Å². The fraction of sp³-hybridized carbons (Fsp3) is 0.0556. The smallest absolute Gasteiger partial charge is 0.135 e. The summed E-state index contributed by atoms with van der Waals surface area (Å²) in [5.74, 6) is -0.211. The van der Waals surface area contributed by atoms with Crippen LogP contribution in [-0.2, 0) is 6.42 Å². The Bertz CT molecular complexity index is 941. The van der Waals surface area contributed by atoms with Crippen molar-refractivity contribution in [2.75, 3.05) is 0 Å². The highest BCUT2D eigenvalue weighted by molar-refractivity contribution is 5.83. The van der Waals surface area contributed by atoms with Crippen LogP contribution in [0.2, 0.25) is 0 Å². The van der Waals surface area contributed by atoms with Gasteiger partial charge in [0.2, 0.25) is 0 Å². The molecule has 2 aromatic carbocycles. The van der Waals surface area contributed by atoms with Gasteiger partial charge in [0.1, 0.15) is 28.8 Å². The molecule has 0 fully saturated rings. The second-order valence-corrected chi connectivity index (χ2v) is 5.27. The molecule has 1 N–H and O–H groups in total. The van der Waals surface area contributed by atoms with Crippen LogP contribution < -0.4 is 0 Å². The van der Waals surface area contributed by atoms with Crippen molar-refractivity contribution in [2.45, 2.75) is 6.42 Å². The lowest BCUT2D eigenvalue weighted by Gasteiger charge is -2.08. The summed E-state index contributed by atoms with van der Waals surface area (Å²) in [6, 6.07) is 11.4. The fourth-order valence-corrected chi connectivity index (χ4v) is 2.68. The highest BCUT2D eigenvalue weighted by Crippen LogP contribution is 2.32. The summed E-state index contributed by atoms with van der Waals surface area (Å²) >= 11 is 0. The van der Waals surface area contributed by atoms with E-state index in [4.69, 9.17) is 4.42 Å². The van der Waals surface area contributed by atoms with E-state index in [0.717, 1.165) is 11.5 Å². The number of benzene rings is 2. The quantitative estimate of drug-likeness (QED) is 0.596. The summed E-state index contributed by atoms with van der Waals surface area (Å²) in [7, 11) is 0. The first-order chi connectivity index (χ1) is 11.2. The van der Waals surface area contributed by atoms with E-state index in [-0.39, 0.29) is 6.42 Å². The summed E-state index contributed by atoms with van der Waals surface area (Å²) in [6.45, 7) is 0.